The number of aromatic hydroxyl groups is 2. The molecule has 0 amide bonds. The van der Waals surface area contributed by atoms with Crippen LogP contribution in [-0.4, -0.2) is 22.5 Å². The number of aryl methyl sites for hydroxylation is 1. The van der Waals surface area contributed by atoms with Gasteiger partial charge in [0.1, 0.15) is 17.6 Å². The lowest BCUT2D eigenvalue weighted by atomic mass is 10.0. The molecule has 0 bridgehead atoms. The van der Waals surface area contributed by atoms with Crippen molar-refractivity contribution in [2.75, 3.05) is 0 Å². The fourth-order valence-corrected chi connectivity index (χ4v) is 3.21. The highest BCUT2D eigenvalue weighted by Gasteiger charge is 2.19. The first-order valence-corrected chi connectivity index (χ1v) is 10.4. The van der Waals surface area contributed by atoms with Crippen LogP contribution in [0.1, 0.15) is 84.6 Å². The Kier molecular flexibility index (Phi) is 9.22. The topological polar surface area (TPSA) is 83.8 Å². The first-order valence-electron chi connectivity index (χ1n) is 10.4. The summed E-state index contributed by atoms with van der Waals surface area (Å²) < 4.78 is 5.20. The van der Waals surface area contributed by atoms with Gasteiger partial charge in [-0.3, -0.25) is 4.79 Å². The standard InChI is InChI=1S/C24H30O5/c1-2-3-4-5-6-7-8-9-10-19-13-16-21(23(27)22(19)26)24(28)29-20-14-11-18(17-25)12-15-20/h11-17,26-27H,2-10H2,1H3. The minimum Gasteiger partial charge on any atom is -0.504 e. The van der Waals surface area contributed by atoms with E-state index in [0.29, 0.717) is 23.8 Å². The Labute approximate surface area is 172 Å². The van der Waals surface area contributed by atoms with Crippen LogP contribution in [0.4, 0.5) is 0 Å². The molecule has 5 heteroatoms. The molecule has 29 heavy (non-hydrogen) atoms. The Bertz CT molecular complexity index is 796. The van der Waals surface area contributed by atoms with Crippen molar-refractivity contribution in [3.63, 3.8) is 0 Å². The molecule has 2 rings (SSSR count). The molecular formula is C24H30O5. The number of ether oxygens (including phenoxy) is 1. The van der Waals surface area contributed by atoms with Crippen molar-refractivity contribution >= 4 is 12.3 Å². The Morgan fingerprint density at radius 1 is 0.862 bits per heavy atom. The zero-order valence-electron chi connectivity index (χ0n) is 17.0. The third-order valence-electron chi connectivity index (χ3n) is 4.98. The number of carbonyl (C=O) groups is 2. The van der Waals surface area contributed by atoms with Gasteiger partial charge in [0.25, 0.3) is 0 Å². The normalized spacial score (nSPS) is 10.7. The summed E-state index contributed by atoms with van der Waals surface area (Å²) in [5.41, 5.74) is 0.998. The zero-order chi connectivity index (χ0) is 21.1. The number of carbonyl (C=O) groups excluding carboxylic acids is 2. The molecule has 0 saturated carbocycles. The second-order valence-corrected chi connectivity index (χ2v) is 7.27. The lowest BCUT2D eigenvalue weighted by Crippen LogP contribution is -2.09. The number of rotatable bonds is 12. The van der Waals surface area contributed by atoms with Gasteiger partial charge in [-0.25, -0.2) is 4.79 Å². The molecule has 0 aliphatic rings. The fraction of sp³-hybridized carbons (Fsp3) is 0.417. The van der Waals surface area contributed by atoms with E-state index in [9.17, 15) is 19.8 Å². The monoisotopic (exact) mass is 398 g/mol. The predicted octanol–water partition coefficient (Wildman–Crippen LogP) is 5.81. The van der Waals surface area contributed by atoms with E-state index in [2.05, 4.69) is 6.92 Å². The van der Waals surface area contributed by atoms with E-state index < -0.39 is 11.7 Å². The van der Waals surface area contributed by atoms with Crippen LogP contribution < -0.4 is 4.74 Å². The van der Waals surface area contributed by atoms with Crippen molar-refractivity contribution in [3.05, 3.63) is 53.1 Å². The van der Waals surface area contributed by atoms with Gasteiger partial charge < -0.3 is 14.9 Å². The summed E-state index contributed by atoms with van der Waals surface area (Å²) in [7, 11) is 0. The van der Waals surface area contributed by atoms with Crippen LogP contribution in [0.2, 0.25) is 0 Å². The van der Waals surface area contributed by atoms with Crippen molar-refractivity contribution in [2.24, 2.45) is 0 Å². The van der Waals surface area contributed by atoms with Crippen LogP contribution in [0.3, 0.4) is 0 Å². The molecule has 0 aliphatic carbocycles. The summed E-state index contributed by atoms with van der Waals surface area (Å²) in [6, 6.07) is 9.17. The van der Waals surface area contributed by atoms with Crippen LogP contribution in [0, 0.1) is 0 Å². The Balaban J connectivity index is 1.87. The maximum absolute atomic E-state index is 12.3. The molecule has 0 unspecified atom stereocenters. The second kappa shape index (κ2) is 11.9. The largest absolute Gasteiger partial charge is 0.504 e. The third kappa shape index (κ3) is 6.93. The molecule has 0 fully saturated rings. The molecular weight excluding hydrogens is 368 g/mol. The maximum Gasteiger partial charge on any atom is 0.347 e. The van der Waals surface area contributed by atoms with Gasteiger partial charge in [-0.2, -0.15) is 0 Å². The summed E-state index contributed by atoms with van der Waals surface area (Å²) in [5, 5.41) is 20.5. The second-order valence-electron chi connectivity index (χ2n) is 7.27. The number of hydrogen-bond acceptors (Lipinski definition) is 5. The summed E-state index contributed by atoms with van der Waals surface area (Å²) in [5.74, 6) is -1.24. The Morgan fingerprint density at radius 3 is 2.10 bits per heavy atom. The number of unbranched alkanes of at least 4 members (excludes halogenated alkanes) is 7. The van der Waals surface area contributed by atoms with E-state index in [1.807, 2.05) is 0 Å². The third-order valence-corrected chi connectivity index (χ3v) is 4.98. The molecule has 0 radical (unpaired) electrons. The van der Waals surface area contributed by atoms with Crippen molar-refractivity contribution in [1.29, 1.82) is 0 Å². The predicted molar refractivity (Wildman–Crippen MR) is 113 cm³/mol. The minimum absolute atomic E-state index is 0.0957. The number of phenols is 2. The zero-order valence-corrected chi connectivity index (χ0v) is 17.0. The van der Waals surface area contributed by atoms with Gasteiger partial charge in [0.15, 0.2) is 11.5 Å². The molecule has 0 saturated heterocycles. The highest BCUT2D eigenvalue weighted by atomic mass is 16.5. The highest BCUT2D eigenvalue weighted by molar-refractivity contribution is 5.95. The van der Waals surface area contributed by atoms with Gasteiger partial charge >= 0.3 is 5.97 Å². The summed E-state index contributed by atoms with van der Waals surface area (Å²) >= 11 is 0. The average molecular weight is 398 g/mol. The molecule has 5 nitrogen and oxygen atoms in total. The van der Waals surface area contributed by atoms with Crippen LogP contribution in [0.25, 0.3) is 0 Å². The van der Waals surface area contributed by atoms with Gasteiger partial charge in [0.05, 0.1) is 0 Å². The van der Waals surface area contributed by atoms with Gasteiger partial charge in [0.2, 0.25) is 0 Å². The van der Waals surface area contributed by atoms with E-state index >= 15 is 0 Å². The summed E-state index contributed by atoms with van der Waals surface area (Å²) in [6.45, 7) is 2.21. The molecule has 156 valence electrons. The first-order chi connectivity index (χ1) is 14.1. The highest BCUT2D eigenvalue weighted by Crippen LogP contribution is 2.34. The fourth-order valence-electron chi connectivity index (χ4n) is 3.21. The molecule has 0 aromatic heterocycles. The molecule has 0 spiro atoms. The Morgan fingerprint density at radius 2 is 1.48 bits per heavy atom. The minimum atomic E-state index is -0.768. The van der Waals surface area contributed by atoms with Crippen molar-refractivity contribution in [3.8, 4) is 17.2 Å². The van der Waals surface area contributed by atoms with Crippen LogP contribution in [0.15, 0.2) is 36.4 Å². The molecule has 0 heterocycles. The number of aldehydes is 1. The number of hydrogen-bond donors (Lipinski definition) is 2. The summed E-state index contributed by atoms with van der Waals surface area (Å²) in [6.07, 6.45) is 10.9. The van der Waals surface area contributed by atoms with Gasteiger partial charge in [0, 0.05) is 5.56 Å². The van der Waals surface area contributed by atoms with Crippen LogP contribution in [-0.2, 0) is 6.42 Å². The molecule has 2 aromatic carbocycles. The molecule has 2 aromatic rings. The van der Waals surface area contributed by atoms with E-state index in [4.69, 9.17) is 4.74 Å². The SMILES string of the molecule is CCCCCCCCCCc1ccc(C(=O)Oc2ccc(C=O)cc2)c(O)c1O. The van der Waals surface area contributed by atoms with Crippen molar-refractivity contribution in [1.82, 2.24) is 0 Å². The quantitative estimate of drug-likeness (QED) is 0.155. The lowest BCUT2D eigenvalue weighted by molar-refractivity contribution is 0.0731. The van der Waals surface area contributed by atoms with Crippen LogP contribution in [0.5, 0.6) is 17.2 Å². The summed E-state index contributed by atoms with van der Waals surface area (Å²) in [4.78, 5) is 23.0. The van der Waals surface area contributed by atoms with Gasteiger partial charge in [-0.15, -0.1) is 0 Å². The smallest absolute Gasteiger partial charge is 0.347 e. The number of esters is 1. The van der Waals surface area contributed by atoms with Gasteiger partial charge in [-0.1, -0.05) is 57.9 Å². The number of benzene rings is 2. The van der Waals surface area contributed by atoms with E-state index in [-0.39, 0.29) is 17.1 Å². The van der Waals surface area contributed by atoms with E-state index in [1.165, 1.54) is 68.9 Å². The van der Waals surface area contributed by atoms with E-state index in [1.54, 1.807) is 6.07 Å². The molecule has 0 atom stereocenters. The van der Waals surface area contributed by atoms with Crippen molar-refractivity contribution < 1.29 is 24.5 Å². The lowest BCUT2D eigenvalue weighted by Gasteiger charge is -2.11. The maximum atomic E-state index is 12.3. The average Bonchev–Trinajstić information content (AvgIpc) is 2.73. The van der Waals surface area contributed by atoms with Crippen LogP contribution >= 0.6 is 0 Å². The van der Waals surface area contributed by atoms with Crippen molar-refractivity contribution in [2.45, 2.75) is 64.7 Å². The van der Waals surface area contributed by atoms with Gasteiger partial charge in [-0.05, 0) is 48.7 Å². The first kappa shape index (κ1) is 22.5. The molecule has 0 aliphatic heterocycles. The van der Waals surface area contributed by atoms with E-state index in [0.717, 1.165) is 12.8 Å². The molecule has 2 N–H and O–H groups in total. The number of phenolic OH excluding ortho intramolecular Hbond substituents is 2. The Hall–Kier alpha value is -2.82.